The van der Waals surface area contributed by atoms with E-state index >= 15 is 0 Å². The molecule has 2 atom stereocenters. The predicted molar refractivity (Wildman–Crippen MR) is 90.4 cm³/mol. The molecule has 2 heterocycles. The molecular formula is C18H22N4O2. The van der Waals surface area contributed by atoms with Gasteiger partial charge in [0.1, 0.15) is 0 Å². The van der Waals surface area contributed by atoms with Gasteiger partial charge in [0.15, 0.2) is 0 Å². The van der Waals surface area contributed by atoms with Gasteiger partial charge < -0.3 is 10.6 Å². The highest BCUT2D eigenvalue weighted by Gasteiger charge is 2.31. The van der Waals surface area contributed by atoms with E-state index in [9.17, 15) is 9.59 Å². The number of rotatable bonds is 4. The van der Waals surface area contributed by atoms with E-state index in [-0.39, 0.29) is 30.2 Å². The second-order valence-electron chi connectivity index (χ2n) is 6.38. The zero-order valence-electron chi connectivity index (χ0n) is 13.8. The summed E-state index contributed by atoms with van der Waals surface area (Å²) in [5.41, 5.74) is 7.22. The molecule has 2 N–H and O–H groups in total. The molecule has 6 heteroatoms. The van der Waals surface area contributed by atoms with Crippen molar-refractivity contribution in [3.8, 4) is 5.69 Å². The second kappa shape index (κ2) is 6.86. The van der Waals surface area contributed by atoms with E-state index in [0.717, 1.165) is 24.1 Å². The minimum atomic E-state index is -0.323. The standard InChI is InChI=1S/C18H22N4O2/c1-13-7-8-15(18(19)24)12-21(13)17(23)9-14-10-20-22(11-14)16-5-3-2-4-6-16/h2-6,10-11,13,15H,7-9,12H2,1H3,(H2,19,24)/t13-,15-/m0/s1. The van der Waals surface area contributed by atoms with Crippen LogP contribution in [-0.2, 0) is 16.0 Å². The van der Waals surface area contributed by atoms with Gasteiger partial charge in [-0.05, 0) is 37.5 Å². The summed E-state index contributed by atoms with van der Waals surface area (Å²) < 4.78 is 1.76. The number of carbonyl (C=O) groups is 2. The molecule has 3 rings (SSSR count). The minimum Gasteiger partial charge on any atom is -0.369 e. The molecule has 24 heavy (non-hydrogen) atoms. The maximum atomic E-state index is 12.6. The van der Waals surface area contributed by atoms with Crippen molar-refractivity contribution in [2.24, 2.45) is 11.7 Å². The molecule has 2 aromatic rings. The van der Waals surface area contributed by atoms with Crippen LogP contribution in [0.3, 0.4) is 0 Å². The Balaban J connectivity index is 1.68. The summed E-state index contributed by atoms with van der Waals surface area (Å²) in [6.45, 7) is 2.44. The van der Waals surface area contributed by atoms with Gasteiger partial charge in [-0.1, -0.05) is 18.2 Å². The molecule has 2 amide bonds. The smallest absolute Gasteiger partial charge is 0.227 e. The van der Waals surface area contributed by atoms with E-state index in [4.69, 9.17) is 5.73 Å². The summed E-state index contributed by atoms with van der Waals surface area (Å²) in [6, 6.07) is 9.90. The Bertz CT molecular complexity index is 726. The van der Waals surface area contributed by atoms with E-state index in [1.165, 1.54) is 0 Å². The number of aromatic nitrogens is 2. The Morgan fingerprint density at radius 2 is 2.00 bits per heavy atom. The number of piperidine rings is 1. The second-order valence-corrected chi connectivity index (χ2v) is 6.38. The molecule has 126 valence electrons. The Kier molecular flexibility index (Phi) is 4.64. The van der Waals surface area contributed by atoms with Crippen molar-refractivity contribution in [2.45, 2.75) is 32.2 Å². The SMILES string of the molecule is C[C@H]1CC[C@H](C(N)=O)CN1C(=O)Cc1cnn(-c2ccccc2)c1. The number of benzene rings is 1. The van der Waals surface area contributed by atoms with Crippen LogP contribution in [0.2, 0.25) is 0 Å². The maximum absolute atomic E-state index is 12.6. The largest absolute Gasteiger partial charge is 0.369 e. The zero-order valence-corrected chi connectivity index (χ0v) is 13.8. The van der Waals surface area contributed by atoms with Crippen LogP contribution in [0, 0.1) is 5.92 Å². The van der Waals surface area contributed by atoms with Gasteiger partial charge in [-0.25, -0.2) is 4.68 Å². The third kappa shape index (κ3) is 3.48. The van der Waals surface area contributed by atoms with Crippen LogP contribution < -0.4 is 5.73 Å². The summed E-state index contributed by atoms with van der Waals surface area (Å²) in [5, 5.41) is 4.32. The van der Waals surface area contributed by atoms with Crippen molar-refractivity contribution >= 4 is 11.8 Å². The van der Waals surface area contributed by atoms with E-state index in [2.05, 4.69) is 5.10 Å². The summed E-state index contributed by atoms with van der Waals surface area (Å²) in [7, 11) is 0. The molecule has 1 aromatic heterocycles. The first kappa shape index (κ1) is 16.2. The van der Waals surface area contributed by atoms with Crippen LogP contribution in [0.4, 0.5) is 0 Å². The number of hydrogen-bond acceptors (Lipinski definition) is 3. The lowest BCUT2D eigenvalue weighted by Crippen LogP contribution is -2.49. The van der Waals surface area contributed by atoms with Gasteiger partial charge in [-0.15, -0.1) is 0 Å². The number of amides is 2. The number of nitrogens with zero attached hydrogens (tertiary/aromatic N) is 3. The monoisotopic (exact) mass is 326 g/mol. The van der Waals surface area contributed by atoms with Crippen LogP contribution in [0.15, 0.2) is 42.7 Å². The highest BCUT2D eigenvalue weighted by Crippen LogP contribution is 2.22. The summed E-state index contributed by atoms with van der Waals surface area (Å²) in [4.78, 5) is 25.8. The molecule has 0 unspecified atom stereocenters. The molecule has 1 fully saturated rings. The van der Waals surface area contributed by atoms with E-state index in [1.54, 1.807) is 15.8 Å². The molecule has 0 radical (unpaired) electrons. The van der Waals surface area contributed by atoms with E-state index in [0.29, 0.717) is 6.54 Å². The molecular weight excluding hydrogens is 304 g/mol. The Morgan fingerprint density at radius 1 is 1.25 bits per heavy atom. The maximum Gasteiger partial charge on any atom is 0.227 e. The van der Waals surface area contributed by atoms with Crippen molar-refractivity contribution in [3.05, 3.63) is 48.3 Å². The van der Waals surface area contributed by atoms with Gasteiger partial charge in [-0.2, -0.15) is 5.10 Å². The zero-order chi connectivity index (χ0) is 17.1. The number of para-hydroxylation sites is 1. The summed E-state index contributed by atoms with van der Waals surface area (Å²) in [6.07, 6.45) is 5.43. The molecule has 1 aromatic carbocycles. The Labute approximate surface area is 141 Å². The van der Waals surface area contributed by atoms with Gasteiger partial charge in [0.25, 0.3) is 0 Å². The topological polar surface area (TPSA) is 81.2 Å². The molecule has 6 nitrogen and oxygen atoms in total. The van der Waals surface area contributed by atoms with Crippen molar-refractivity contribution in [3.63, 3.8) is 0 Å². The van der Waals surface area contributed by atoms with Gasteiger partial charge in [0.05, 0.1) is 24.2 Å². The average Bonchev–Trinajstić information content (AvgIpc) is 3.04. The average molecular weight is 326 g/mol. The fourth-order valence-corrected chi connectivity index (χ4v) is 3.14. The first-order valence-electron chi connectivity index (χ1n) is 8.22. The number of primary amides is 1. The lowest BCUT2D eigenvalue weighted by molar-refractivity contribution is -0.136. The molecule has 0 spiro atoms. The van der Waals surface area contributed by atoms with Crippen molar-refractivity contribution in [1.82, 2.24) is 14.7 Å². The number of carbonyl (C=O) groups excluding carboxylic acids is 2. The quantitative estimate of drug-likeness (QED) is 0.925. The van der Waals surface area contributed by atoms with E-state index < -0.39 is 0 Å². The third-order valence-electron chi connectivity index (χ3n) is 4.62. The summed E-state index contributed by atoms with van der Waals surface area (Å²) >= 11 is 0. The molecule has 1 saturated heterocycles. The fourth-order valence-electron chi connectivity index (χ4n) is 3.14. The van der Waals surface area contributed by atoms with Crippen LogP contribution in [0.1, 0.15) is 25.3 Å². The van der Waals surface area contributed by atoms with Crippen molar-refractivity contribution < 1.29 is 9.59 Å². The van der Waals surface area contributed by atoms with Crippen molar-refractivity contribution in [2.75, 3.05) is 6.54 Å². The lowest BCUT2D eigenvalue weighted by Gasteiger charge is -2.37. The lowest BCUT2D eigenvalue weighted by atomic mass is 9.92. The highest BCUT2D eigenvalue weighted by molar-refractivity contribution is 5.81. The first-order valence-corrected chi connectivity index (χ1v) is 8.22. The third-order valence-corrected chi connectivity index (χ3v) is 4.62. The van der Waals surface area contributed by atoms with Gasteiger partial charge in [-0.3, -0.25) is 9.59 Å². The Morgan fingerprint density at radius 3 is 2.71 bits per heavy atom. The Hall–Kier alpha value is -2.63. The predicted octanol–water partition coefficient (Wildman–Crippen LogP) is 1.53. The van der Waals surface area contributed by atoms with Crippen LogP contribution in [0.25, 0.3) is 5.69 Å². The van der Waals surface area contributed by atoms with Crippen LogP contribution in [-0.4, -0.2) is 39.1 Å². The van der Waals surface area contributed by atoms with Crippen LogP contribution in [0.5, 0.6) is 0 Å². The normalized spacial score (nSPS) is 20.8. The van der Waals surface area contributed by atoms with Gasteiger partial charge in [0, 0.05) is 18.8 Å². The minimum absolute atomic E-state index is 0.0149. The van der Waals surface area contributed by atoms with Gasteiger partial charge >= 0.3 is 0 Å². The highest BCUT2D eigenvalue weighted by atomic mass is 16.2. The first-order chi connectivity index (χ1) is 11.5. The number of nitrogens with two attached hydrogens (primary N) is 1. The molecule has 1 aliphatic heterocycles. The number of likely N-dealkylation sites (tertiary alicyclic amines) is 1. The fraction of sp³-hybridized carbons (Fsp3) is 0.389. The van der Waals surface area contributed by atoms with Crippen molar-refractivity contribution in [1.29, 1.82) is 0 Å². The van der Waals surface area contributed by atoms with Crippen LogP contribution >= 0.6 is 0 Å². The van der Waals surface area contributed by atoms with E-state index in [1.807, 2.05) is 43.5 Å². The molecule has 0 saturated carbocycles. The summed E-state index contributed by atoms with van der Waals surface area (Å²) in [5.74, 6) is -0.546. The molecule has 0 bridgehead atoms. The van der Waals surface area contributed by atoms with Gasteiger partial charge in [0.2, 0.25) is 11.8 Å². The number of hydrogen-bond donors (Lipinski definition) is 1. The molecule has 0 aliphatic carbocycles. The molecule has 1 aliphatic rings.